The van der Waals surface area contributed by atoms with Crippen molar-refractivity contribution < 1.29 is 0 Å². The Bertz CT molecular complexity index is 295. The number of nitriles is 1. The van der Waals surface area contributed by atoms with Crippen LogP contribution in [-0.4, -0.2) is 6.04 Å². The lowest BCUT2D eigenvalue weighted by Gasteiger charge is -2.07. The topological polar surface area (TPSA) is 35.8 Å². The Hall–Kier alpha value is -1.49. The molecule has 0 amide bonds. The molecule has 0 saturated heterocycles. The van der Waals surface area contributed by atoms with Gasteiger partial charge in [-0.1, -0.05) is 19.1 Å². The van der Waals surface area contributed by atoms with Crippen molar-refractivity contribution in [1.82, 2.24) is 0 Å². The lowest BCUT2D eigenvalue weighted by atomic mass is 10.1. The summed E-state index contributed by atoms with van der Waals surface area (Å²) in [6.07, 6.45) is 1.05. The second kappa shape index (κ2) is 4.51. The zero-order valence-electron chi connectivity index (χ0n) is 8.04. The minimum absolute atomic E-state index is 0.132. The van der Waals surface area contributed by atoms with Crippen LogP contribution in [0.1, 0.15) is 19.4 Å². The molecule has 2 nitrogen and oxygen atoms in total. The molecule has 0 saturated carbocycles. The third kappa shape index (κ3) is 2.79. The molecule has 13 heavy (non-hydrogen) atoms. The molecule has 0 spiro atoms. The van der Waals surface area contributed by atoms with Gasteiger partial charge in [0.2, 0.25) is 0 Å². The van der Waals surface area contributed by atoms with Crippen LogP contribution in [0.25, 0.3) is 0 Å². The molecule has 1 rings (SSSR count). The largest absolute Gasteiger partial charge is 0.370 e. The Labute approximate surface area is 79.2 Å². The van der Waals surface area contributed by atoms with E-state index in [-0.39, 0.29) is 6.04 Å². The van der Waals surface area contributed by atoms with Crippen molar-refractivity contribution in [2.24, 2.45) is 0 Å². The maximum absolute atomic E-state index is 8.58. The van der Waals surface area contributed by atoms with Gasteiger partial charge in [-0.05, 0) is 31.0 Å². The first-order valence-corrected chi connectivity index (χ1v) is 4.51. The lowest BCUT2D eigenvalue weighted by molar-refractivity contribution is 1.01. The van der Waals surface area contributed by atoms with E-state index in [2.05, 4.69) is 30.4 Å². The van der Waals surface area contributed by atoms with Crippen LogP contribution >= 0.6 is 0 Å². The van der Waals surface area contributed by atoms with Crippen molar-refractivity contribution in [1.29, 1.82) is 5.26 Å². The molecule has 1 aromatic rings. The molecule has 1 atom stereocenters. The zero-order chi connectivity index (χ0) is 9.68. The number of nitrogens with one attached hydrogen (secondary N) is 1. The van der Waals surface area contributed by atoms with Gasteiger partial charge in [-0.15, -0.1) is 0 Å². The first-order valence-electron chi connectivity index (χ1n) is 4.51. The molecular formula is C11H14N2. The molecular weight excluding hydrogens is 160 g/mol. The minimum Gasteiger partial charge on any atom is -0.370 e. The van der Waals surface area contributed by atoms with Crippen molar-refractivity contribution in [3.63, 3.8) is 0 Å². The van der Waals surface area contributed by atoms with E-state index in [1.807, 2.05) is 19.1 Å². The first-order chi connectivity index (χ1) is 6.26. The summed E-state index contributed by atoms with van der Waals surface area (Å²) in [5, 5.41) is 11.7. The van der Waals surface area contributed by atoms with E-state index in [1.165, 1.54) is 5.56 Å². The average Bonchev–Trinajstić information content (AvgIpc) is 2.19. The number of nitrogens with zero attached hydrogens (tertiary/aromatic N) is 1. The summed E-state index contributed by atoms with van der Waals surface area (Å²) < 4.78 is 0. The predicted molar refractivity (Wildman–Crippen MR) is 54.5 cm³/mol. The average molecular weight is 174 g/mol. The number of aryl methyl sites for hydroxylation is 1. The van der Waals surface area contributed by atoms with Crippen LogP contribution in [0.5, 0.6) is 0 Å². The second-order valence-corrected chi connectivity index (χ2v) is 3.05. The van der Waals surface area contributed by atoms with Gasteiger partial charge in [0.15, 0.2) is 0 Å². The third-order valence-corrected chi connectivity index (χ3v) is 1.94. The number of rotatable bonds is 3. The van der Waals surface area contributed by atoms with E-state index in [0.29, 0.717) is 0 Å². The van der Waals surface area contributed by atoms with E-state index < -0.39 is 0 Å². The highest BCUT2D eigenvalue weighted by molar-refractivity contribution is 5.46. The van der Waals surface area contributed by atoms with E-state index in [1.54, 1.807) is 0 Å². The highest BCUT2D eigenvalue weighted by Gasteiger charge is 1.97. The second-order valence-electron chi connectivity index (χ2n) is 3.05. The molecule has 0 aliphatic heterocycles. The first kappa shape index (κ1) is 9.60. The van der Waals surface area contributed by atoms with Crippen molar-refractivity contribution in [3.05, 3.63) is 29.8 Å². The molecule has 1 N–H and O–H groups in total. The monoisotopic (exact) mass is 174 g/mol. The molecule has 1 aromatic carbocycles. The summed E-state index contributed by atoms with van der Waals surface area (Å²) in [6.45, 7) is 3.97. The van der Waals surface area contributed by atoms with Crippen molar-refractivity contribution >= 4 is 5.69 Å². The minimum atomic E-state index is -0.132. The van der Waals surface area contributed by atoms with Crippen LogP contribution in [0.3, 0.4) is 0 Å². The number of hydrogen-bond acceptors (Lipinski definition) is 2. The molecule has 0 aliphatic rings. The van der Waals surface area contributed by atoms with Gasteiger partial charge in [-0.25, -0.2) is 0 Å². The van der Waals surface area contributed by atoms with Crippen LogP contribution in [0.4, 0.5) is 5.69 Å². The fraction of sp³-hybridized carbons (Fsp3) is 0.364. The Morgan fingerprint density at radius 1 is 1.38 bits per heavy atom. The van der Waals surface area contributed by atoms with Gasteiger partial charge >= 0.3 is 0 Å². The number of anilines is 1. The van der Waals surface area contributed by atoms with Gasteiger partial charge in [-0.2, -0.15) is 5.26 Å². The van der Waals surface area contributed by atoms with Crippen LogP contribution in [0.15, 0.2) is 24.3 Å². The Morgan fingerprint density at radius 2 is 2.00 bits per heavy atom. The summed E-state index contributed by atoms with van der Waals surface area (Å²) in [4.78, 5) is 0. The van der Waals surface area contributed by atoms with Gasteiger partial charge < -0.3 is 5.32 Å². The molecule has 1 unspecified atom stereocenters. The highest BCUT2D eigenvalue weighted by Crippen LogP contribution is 2.10. The zero-order valence-corrected chi connectivity index (χ0v) is 8.04. The van der Waals surface area contributed by atoms with Crippen molar-refractivity contribution in [2.45, 2.75) is 26.3 Å². The molecule has 0 aromatic heterocycles. The SMILES string of the molecule is CCc1ccc(NC(C)C#N)cc1. The van der Waals surface area contributed by atoms with E-state index in [0.717, 1.165) is 12.1 Å². The number of benzene rings is 1. The van der Waals surface area contributed by atoms with Gasteiger partial charge in [0.05, 0.1) is 6.07 Å². The molecule has 0 heterocycles. The summed E-state index contributed by atoms with van der Waals surface area (Å²) in [7, 11) is 0. The standard InChI is InChI=1S/C11H14N2/c1-3-10-4-6-11(7-5-10)13-9(2)8-12/h4-7,9,13H,3H2,1-2H3. The van der Waals surface area contributed by atoms with E-state index >= 15 is 0 Å². The Balaban J connectivity index is 2.65. The summed E-state index contributed by atoms with van der Waals surface area (Å²) in [5.41, 5.74) is 2.32. The van der Waals surface area contributed by atoms with E-state index in [9.17, 15) is 0 Å². The van der Waals surface area contributed by atoms with Crippen LogP contribution in [0.2, 0.25) is 0 Å². The van der Waals surface area contributed by atoms with Crippen LogP contribution in [-0.2, 0) is 6.42 Å². The maximum atomic E-state index is 8.58. The van der Waals surface area contributed by atoms with Crippen LogP contribution in [0, 0.1) is 11.3 Å². The quantitative estimate of drug-likeness (QED) is 0.764. The molecule has 0 fully saturated rings. The van der Waals surface area contributed by atoms with Crippen molar-refractivity contribution in [2.75, 3.05) is 5.32 Å². The predicted octanol–water partition coefficient (Wildman–Crippen LogP) is 2.57. The fourth-order valence-electron chi connectivity index (χ4n) is 1.12. The molecule has 68 valence electrons. The number of hydrogen-bond donors (Lipinski definition) is 1. The van der Waals surface area contributed by atoms with Crippen molar-refractivity contribution in [3.8, 4) is 6.07 Å². The highest BCUT2D eigenvalue weighted by atomic mass is 14.9. The Morgan fingerprint density at radius 3 is 2.46 bits per heavy atom. The summed E-state index contributed by atoms with van der Waals surface area (Å²) in [5.74, 6) is 0. The summed E-state index contributed by atoms with van der Waals surface area (Å²) in [6, 6.07) is 10.2. The normalized spacial score (nSPS) is 11.8. The molecule has 2 heteroatoms. The molecule has 0 aliphatic carbocycles. The van der Waals surface area contributed by atoms with Gasteiger partial charge in [0, 0.05) is 5.69 Å². The van der Waals surface area contributed by atoms with Gasteiger partial charge in [0.25, 0.3) is 0 Å². The Kier molecular flexibility index (Phi) is 3.33. The third-order valence-electron chi connectivity index (χ3n) is 1.94. The molecule has 0 bridgehead atoms. The molecule has 0 radical (unpaired) electrons. The van der Waals surface area contributed by atoms with Crippen LogP contribution < -0.4 is 5.32 Å². The maximum Gasteiger partial charge on any atom is 0.111 e. The summed E-state index contributed by atoms with van der Waals surface area (Å²) >= 11 is 0. The van der Waals surface area contributed by atoms with Gasteiger partial charge in [0.1, 0.15) is 6.04 Å². The van der Waals surface area contributed by atoms with Gasteiger partial charge in [-0.3, -0.25) is 0 Å². The smallest absolute Gasteiger partial charge is 0.111 e. The van der Waals surface area contributed by atoms with E-state index in [4.69, 9.17) is 5.26 Å². The lowest BCUT2D eigenvalue weighted by Crippen LogP contribution is -2.11. The fourth-order valence-corrected chi connectivity index (χ4v) is 1.12.